The summed E-state index contributed by atoms with van der Waals surface area (Å²) in [5, 5.41) is 0.737. The molecule has 8 heteroatoms. The second-order valence-corrected chi connectivity index (χ2v) is 7.00. The summed E-state index contributed by atoms with van der Waals surface area (Å²) >= 11 is 4.84. The third-order valence-corrected chi connectivity index (χ3v) is 5.35. The fourth-order valence-electron chi connectivity index (χ4n) is 2.43. The van der Waals surface area contributed by atoms with E-state index in [9.17, 15) is 4.79 Å². The Morgan fingerprint density at radius 2 is 1.96 bits per heavy atom. The molecule has 0 N–H and O–H groups in total. The normalized spacial score (nSPS) is 19.6. The second-order valence-electron chi connectivity index (χ2n) is 5.14. The summed E-state index contributed by atoms with van der Waals surface area (Å²) in [7, 11) is 3.18. The summed E-state index contributed by atoms with van der Waals surface area (Å²) < 4.78 is 16.8. The summed E-state index contributed by atoms with van der Waals surface area (Å²) in [4.78, 5) is 19.0. The molecule has 0 bridgehead atoms. The van der Waals surface area contributed by atoms with E-state index in [0.717, 1.165) is 28.3 Å². The van der Waals surface area contributed by atoms with E-state index in [4.69, 9.17) is 14.2 Å². The van der Waals surface area contributed by atoms with Crippen LogP contribution in [0.2, 0.25) is 0 Å². The molecule has 1 amide bonds. The average Bonchev–Trinajstić information content (AvgIpc) is 2.97. The van der Waals surface area contributed by atoms with Crippen LogP contribution in [-0.4, -0.2) is 56.5 Å². The van der Waals surface area contributed by atoms with Crippen molar-refractivity contribution in [1.82, 2.24) is 4.90 Å². The number of hydrogen-bond donors (Lipinski definition) is 0. The smallest absolute Gasteiger partial charge is 0.286 e. The van der Waals surface area contributed by atoms with Crippen LogP contribution in [0.25, 0.3) is 6.08 Å². The van der Waals surface area contributed by atoms with E-state index in [2.05, 4.69) is 25.8 Å². The van der Waals surface area contributed by atoms with Crippen LogP contribution >= 0.6 is 27.7 Å². The largest absolute Gasteiger partial charge is 0.496 e. The standard InChI is InChI=1S/C16H17BrN2O4S/c1-21-12-9-13(22-2)11(17)7-10(12)8-14-15(20)18-16(24-14)19-3-5-23-6-4-19/h7-9H,3-6H2,1-2H3/b14-8+. The number of carbonyl (C=O) groups is 1. The molecule has 0 spiro atoms. The molecule has 6 nitrogen and oxygen atoms in total. The summed E-state index contributed by atoms with van der Waals surface area (Å²) in [6.07, 6.45) is 1.80. The first-order valence-electron chi connectivity index (χ1n) is 7.39. The van der Waals surface area contributed by atoms with E-state index in [1.807, 2.05) is 6.07 Å². The van der Waals surface area contributed by atoms with Crippen molar-refractivity contribution in [1.29, 1.82) is 0 Å². The summed E-state index contributed by atoms with van der Waals surface area (Å²) in [6, 6.07) is 3.65. The second kappa shape index (κ2) is 7.58. The van der Waals surface area contributed by atoms with Gasteiger partial charge < -0.3 is 19.1 Å². The van der Waals surface area contributed by atoms with Gasteiger partial charge in [-0.1, -0.05) is 0 Å². The molecule has 0 saturated carbocycles. The zero-order chi connectivity index (χ0) is 17.1. The van der Waals surface area contributed by atoms with Crippen molar-refractivity contribution < 1.29 is 19.0 Å². The lowest BCUT2D eigenvalue weighted by atomic mass is 10.1. The molecular weight excluding hydrogens is 396 g/mol. The Bertz CT molecular complexity index is 714. The van der Waals surface area contributed by atoms with Gasteiger partial charge in [0, 0.05) is 24.7 Å². The number of amidine groups is 1. The topological polar surface area (TPSA) is 60.4 Å². The maximum Gasteiger partial charge on any atom is 0.286 e. The predicted octanol–water partition coefficient (Wildman–Crippen LogP) is 2.77. The van der Waals surface area contributed by atoms with Crippen molar-refractivity contribution in [3.05, 3.63) is 27.1 Å². The van der Waals surface area contributed by atoms with Crippen LogP contribution in [0.5, 0.6) is 11.5 Å². The molecule has 128 valence electrons. The molecule has 2 aliphatic heterocycles. The van der Waals surface area contributed by atoms with Crippen molar-refractivity contribution in [2.75, 3.05) is 40.5 Å². The number of aliphatic imine (C=N–C) groups is 1. The Kier molecular flexibility index (Phi) is 5.47. The Balaban J connectivity index is 1.85. The fourth-order valence-corrected chi connectivity index (χ4v) is 3.90. The van der Waals surface area contributed by atoms with E-state index in [1.54, 1.807) is 26.4 Å². The zero-order valence-corrected chi connectivity index (χ0v) is 15.8. The number of halogens is 1. The molecule has 0 unspecified atom stereocenters. The molecule has 24 heavy (non-hydrogen) atoms. The van der Waals surface area contributed by atoms with Gasteiger partial charge in [-0.25, -0.2) is 0 Å². The summed E-state index contributed by atoms with van der Waals surface area (Å²) in [5.74, 6) is 1.08. The van der Waals surface area contributed by atoms with Gasteiger partial charge in [0.2, 0.25) is 0 Å². The van der Waals surface area contributed by atoms with Crippen molar-refractivity contribution in [3.8, 4) is 11.5 Å². The Hall–Kier alpha value is -1.51. The molecule has 2 heterocycles. The highest BCUT2D eigenvalue weighted by Gasteiger charge is 2.27. The van der Waals surface area contributed by atoms with Crippen LogP contribution in [0.15, 0.2) is 26.5 Å². The third kappa shape index (κ3) is 3.60. The number of hydrogen-bond acceptors (Lipinski definition) is 6. The van der Waals surface area contributed by atoms with Crippen LogP contribution in [-0.2, 0) is 9.53 Å². The maximum atomic E-state index is 12.2. The van der Waals surface area contributed by atoms with E-state index in [1.165, 1.54) is 11.8 Å². The lowest BCUT2D eigenvalue weighted by Gasteiger charge is -2.27. The van der Waals surface area contributed by atoms with Crippen LogP contribution in [0.4, 0.5) is 0 Å². The lowest BCUT2D eigenvalue weighted by Crippen LogP contribution is -2.38. The maximum absolute atomic E-state index is 12.2. The number of rotatable bonds is 3. The van der Waals surface area contributed by atoms with Crippen LogP contribution in [0.1, 0.15) is 5.56 Å². The number of ether oxygens (including phenoxy) is 3. The first-order valence-corrected chi connectivity index (χ1v) is 9.00. The van der Waals surface area contributed by atoms with Crippen molar-refractivity contribution >= 4 is 44.8 Å². The van der Waals surface area contributed by atoms with Gasteiger partial charge in [0.05, 0.1) is 36.8 Å². The molecule has 0 atom stereocenters. The van der Waals surface area contributed by atoms with Crippen molar-refractivity contribution in [2.24, 2.45) is 4.99 Å². The van der Waals surface area contributed by atoms with Gasteiger partial charge in [0.25, 0.3) is 5.91 Å². The molecule has 0 radical (unpaired) electrons. The van der Waals surface area contributed by atoms with Crippen LogP contribution in [0.3, 0.4) is 0 Å². The molecular formula is C16H17BrN2O4S. The van der Waals surface area contributed by atoms with Crippen LogP contribution in [0, 0.1) is 0 Å². The average molecular weight is 413 g/mol. The van der Waals surface area contributed by atoms with Gasteiger partial charge in [-0.3, -0.25) is 4.79 Å². The van der Waals surface area contributed by atoms with E-state index in [0.29, 0.717) is 29.6 Å². The SMILES string of the molecule is COc1cc(OC)c(/C=C2/SC(N3CCOCC3)=NC2=O)cc1Br. The highest BCUT2D eigenvalue weighted by molar-refractivity contribution is 9.10. The van der Waals surface area contributed by atoms with Crippen LogP contribution < -0.4 is 9.47 Å². The van der Waals surface area contributed by atoms with Crippen molar-refractivity contribution in [2.45, 2.75) is 0 Å². The Morgan fingerprint density at radius 3 is 2.62 bits per heavy atom. The van der Waals surface area contributed by atoms with E-state index in [-0.39, 0.29) is 5.91 Å². The number of morpholine rings is 1. The fraction of sp³-hybridized carbons (Fsp3) is 0.375. The number of carbonyl (C=O) groups excluding carboxylic acids is 1. The van der Waals surface area contributed by atoms with Gasteiger partial charge >= 0.3 is 0 Å². The molecule has 3 rings (SSSR count). The minimum Gasteiger partial charge on any atom is -0.496 e. The minimum atomic E-state index is -0.226. The summed E-state index contributed by atoms with van der Waals surface area (Å²) in [5.41, 5.74) is 0.791. The summed E-state index contributed by atoms with van der Waals surface area (Å²) in [6.45, 7) is 2.83. The zero-order valence-electron chi connectivity index (χ0n) is 13.4. The highest BCUT2D eigenvalue weighted by atomic mass is 79.9. The number of methoxy groups -OCH3 is 2. The monoisotopic (exact) mass is 412 g/mol. The molecule has 0 aliphatic carbocycles. The minimum absolute atomic E-state index is 0.226. The number of benzene rings is 1. The van der Waals surface area contributed by atoms with Gasteiger partial charge in [-0.05, 0) is 39.8 Å². The highest BCUT2D eigenvalue weighted by Crippen LogP contribution is 2.37. The van der Waals surface area contributed by atoms with E-state index >= 15 is 0 Å². The Morgan fingerprint density at radius 1 is 1.25 bits per heavy atom. The molecule has 1 aromatic rings. The lowest BCUT2D eigenvalue weighted by molar-refractivity contribution is -0.113. The van der Waals surface area contributed by atoms with Gasteiger partial charge in [-0.15, -0.1) is 0 Å². The van der Waals surface area contributed by atoms with Gasteiger partial charge in [-0.2, -0.15) is 4.99 Å². The van der Waals surface area contributed by atoms with Gasteiger partial charge in [0.15, 0.2) is 5.17 Å². The van der Waals surface area contributed by atoms with Gasteiger partial charge in [0.1, 0.15) is 11.5 Å². The first kappa shape index (κ1) is 17.3. The Labute approximate surface area is 153 Å². The van der Waals surface area contributed by atoms with E-state index < -0.39 is 0 Å². The third-order valence-electron chi connectivity index (χ3n) is 3.68. The molecule has 1 saturated heterocycles. The first-order chi connectivity index (χ1) is 11.6. The molecule has 0 aromatic heterocycles. The molecule has 1 fully saturated rings. The van der Waals surface area contributed by atoms with Crippen molar-refractivity contribution in [3.63, 3.8) is 0 Å². The number of amides is 1. The predicted molar refractivity (Wildman–Crippen MR) is 97.6 cm³/mol. The molecule has 2 aliphatic rings. The number of thioether (sulfide) groups is 1. The number of nitrogens with zero attached hydrogens (tertiary/aromatic N) is 2. The quantitative estimate of drug-likeness (QED) is 0.711. The molecule has 1 aromatic carbocycles.